The Bertz CT molecular complexity index is 651. The summed E-state index contributed by atoms with van der Waals surface area (Å²) >= 11 is 3.07. The molecule has 0 bridgehead atoms. The van der Waals surface area contributed by atoms with Crippen molar-refractivity contribution in [1.82, 2.24) is 5.32 Å². The first-order chi connectivity index (χ1) is 9.40. The van der Waals surface area contributed by atoms with Crippen LogP contribution < -0.4 is 5.32 Å². The first-order valence-corrected chi connectivity index (χ1v) is 7.01. The number of hydrogen-bond donors (Lipinski definition) is 1. The van der Waals surface area contributed by atoms with E-state index in [1.165, 1.54) is 6.07 Å². The van der Waals surface area contributed by atoms with Crippen molar-refractivity contribution in [2.24, 2.45) is 0 Å². The molecule has 1 heterocycles. The standard InChI is InChI=1S/C15H15BrFNO2/c1-8-7-12(10(3)20-8)9(2)18-15(19)11-5-4-6-13(16)14(11)17/h4-7,9H,1-3H3,(H,18,19). The normalized spacial score (nSPS) is 12.2. The molecular weight excluding hydrogens is 325 g/mol. The highest BCUT2D eigenvalue weighted by Crippen LogP contribution is 2.23. The van der Waals surface area contributed by atoms with E-state index in [0.29, 0.717) is 0 Å². The quantitative estimate of drug-likeness (QED) is 0.906. The molecule has 0 radical (unpaired) electrons. The lowest BCUT2D eigenvalue weighted by Crippen LogP contribution is -2.27. The van der Waals surface area contributed by atoms with Crippen LogP contribution in [0.2, 0.25) is 0 Å². The Balaban J connectivity index is 2.19. The number of carbonyl (C=O) groups is 1. The number of halogens is 2. The summed E-state index contributed by atoms with van der Waals surface area (Å²) in [7, 11) is 0. The summed E-state index contributed by atoms with van der Waals surface area (Å²) in [6, 6.07) is 6.25. The van der Waals surface area contributed by atoms with Gasteiger partial charge in [-0.25, -0.2) is 4.39 Å². The number of rotatable bonds is 3. The number of aryl methyl sites for hydroxylation is 2. The Kier molecular flexibility index (Phi) is 4.28. The average molecular weight is 340 g/mol. The molecule has 0 aliphatic rings. The van der Waals surface area contributed by atoms with Crippen molar-refractivity contribution in [3.8, 4) is 0 Å². The van der Waals surface area contributed by atoms with E-state index in [0.717, 1.165) is 17.1 Å². The largest absolute Gasteiger partial charge is 0.466 e. The van der Waals surface area contributed by atoms with Gasteiger partial charge >= 0.3 is 0 Å². The lowest BCUT2D eigenvalue weighted by molar-refractivity contribution is 0.0935. The minimum absolute atomic E-state index is 0.0177. The van der Waals surface area contributed by atoms with E-state index in [1.54, 1.807) is 12.1 Å². The Labute approximate surface area is 125 Å². The van der Waals surface area contributed by atoms with Gasteiger partial charge in [-0.05, 0) is 54.9 Å². The highest BCUT2D eigenvalue weighted by Gasteiger charge is 2.19. The van der Waals surface area contributed by atoms with Crippen LogP contribution in [0.1, 0.15) is 40.4 Å². The Morgan fingerprint density at radius 3 is 2.70 bits per heavy atom. The monoisotopic (exact) mass is 339 g/mol. The highest BCUT2D eigenvalue weighted by atomic mass is 79.9. The van der Waals surface area contributed by atoms with Gasteiger partial charge in [0.2, 0.25) is 0 Å². The van der Waals surface area contributed by atoms with Crippen LogP contribution in [0.5, 0.6) is 0 Å². The molecule has 1 N–H and O–H groups in total. The fraction of sp³-hybridized carbons (Fsp3) is 0.267. The number of amides is 1. The summed E-state index contributed by atoms with van der Waals surface area (Å²) < 4.78 is 19.6. The van der Waals surface area contributed by atoms with E-state index in [4.69, 9.17) is 4.42 Å². The van der Waals surface area contributed by atoms with Gasteiger partial charge < -0.3 is 9.73 Å². The molecule has 1 aromatic carbocycles. The van der Waals surface area contributed by atoms with Crippen LogP contribution in [0.3, 0.4) is 0 Å². The molecule has 2 aromatic rings. The zero-order chi connectivity index (χ0) is 14.9. The minimum Gasteiger partial charge on any atom is -0.466 e. The van der Waals surface area contributed by atoms with E-state index < -0.39 is 11.7 Å². The van der Waals surface area contributed by atoms with E-state index in [-0.39, 0.29) is 16.1 Å². The maximum absolute atomic E-state index is 13.9. The van der Waals surface area contributed by atoms with E-state index in [2.05, 4.69) is 21.2 Å². The van der Waals surface area contributed by atoms with Crippen molar-refractivity contribution in [1.29, 1.82) is 0 Å². The molecule has 106 valence electrons. The Hall–Kier alpha value is -1.62. The molecule has 1 unspecified atom stereocenters. The molecule has 0 spiro atoms. The zero-order valence-corrected chi connectivity index (χ0v) is 13.0. The summed E-state index contributed by atoms with van der Waals surface area (Å²) in [5.41, 5.74) is 0.912. The van der Waals surface area contributed by atoms with Gasteiger partial charge in [-0.2, -0.15) is 0 Å². The molecule has 0 aliphatic heterocycles. The Morgan fingerprint density at radius 1 is 1.40 bits per heavy atom. The fourth-order valence-electron chi connectivity index (χ4n) is 2.11. The van der Waals surface area contributed by atoms with Crippen LogP contribution in [0.25, 0.3) is 0 Å². The number of furan rings is 1. The molecular formula is C15H15BrFNO2. The average Bonchev–Trinajstić information content (AvgIpc) is 2.71. The molecule has 2 rings (SSSR count). The second-order valence-electron chi connectivity index (χ2n) is 4.67. The summed E-state index contributed by atoms with van der Waals surface area (Å²) in [6.07, 6.45) is 0. The smallest absolute Gasteiger partial charge is 0.254 e. The molecule has 3 nitrogen and oxygen atoms in total. The maximum Gasteiger partial charge on any atom is 0.254 e. The van der Waals surface area contributed by atoms with E-state index >= 15 is 0 Å². The third-order valence-corrected chi connectivity index (χ3v) is 3.70. The zero-order valence-electron chi connectivity index (χ0n) is 11.5. The summed E-state index contributed by atoms with van der Waals surface area (Å²) in [6.45, 7) is 5.52. The third-order valence-electron chi connectivity index (χ3n) is 3.09. The molecule has 1 atom stereocenters. The molecule has 1 amide bonds. The van der Waals surface area contributed by atoms with Crippen molar-refractivity contribution in [3.63, 3.8) is 0 Å². The lowest BCUT2D eigenvalue weighted by atomic mass is 10.1. The first-order valence-electron chi connectivity index (χ1n) is 6.22. The van der Waals surface area contributed by atoms with Crippen molar-refractivity contribution in [2.75, 3.05) is 0 Å². The van der Waals surface area contributed by atoms with Crippen molar-refractivity contribution >= 4 is 21.8 Å². The van der Waals surface area contributed by atoms with Gasteiger partial charge in [0, 0.05) is 5.56 Å². The summed E-state index contributed by atoms with van der Waals surface area (Å²) in [5, 5.41) is 2.77. The molecule has 0 aliphatic carbocycles. The van der Waals surface area contributed by atoms with Crippen LogP contribution >= 0.6 is 15.9 Å². The predicted molar refractivity (Wildman–Crippen MR) is 78.2 cm³/mol. The van der Waals surface area contributed by atoms with Gasteiger partial charge in [0.05, 0.1) is 16.1 Å². The second-order valence-corrected chi connectivity index (χ2v) is 5.52. The van der Waals surface area contributed by atoms with E-state index in [1.807, 2.05) is 26.8 Å². The highest BCUT2D eigenvalue weighted by molar-refractivity contribution is 9.10. The van der Waals surface area contributed by atoms with Gasteiger partial charge in [-0.1, -0.05) is 6.07 Å². The molecule has 5 heteroatoms. The van der Waals surface area contributed by atoms with Crippen LogP contribution in [0.4, 0.5) is 4.39 Å². The molecule has 0 saturated heterocycles. The number of nitrogens with one attached hydrogen (secondary N) is 1. The van der Waals surface area contributed by atoms with Crippen LogP contribution in [-0.4, -0.2) is 5.91 Å². The third kappa shape index (κ3) is 2.93. The topological polar surface area (TPSA) is 42.2 Å². The van der Waals surface area contributed by atoms with Crippen LogP contribution in [-0.2, 0) is 0 Å². The summed E-state index contributed by atoms with van der Waals surface area (Å²) in [5.74, 6) is 0.532. The SMILES string of the molecule is Cc1cc(C(C)NC(=O)c2cccc(Br)c2F)c(C)o1. The molecule has 0 fully saturated rings. The minimum atomic E-state index is -0.558. The Morgan fingerprint density at radius 2 is 2.10 bits per heavy atom. The number of hydrogen-bond acceptors (Lipinski definition) is 2. The number of carbonyl (C=O) groups excluding carboxylic acids is 1. The van der Waals surface area contributed by atoms with Crippen molar-refractivity contribution < 1.29 is 13.6 Å². The summed E-state index contributed by atoms with van der Waals surface area (Å²) in [4.78, 5) is 12.1. The fourth-order valence-corrected chi connectivity index (χ4v) is 2.48. The first kappa shape index (κ1) is 14.8. The molecule has 20 heavy (non-hydrogen) atoms. The van der Waals surface area contributed by atoms with Crippen molar-refractivity contribution in [3.05, 3.63) is 57.2 Å². The van der Waals surface area contributed by atoms with Crippen LogP contribution in [0.15, 0.2) is 33.2 Å². The predicted octanol–water partition coefficient (Wildman–Crippen LogP) is 4.29. The van der Waals surface area contributed by atoms with Gasteiger partial charge in [-0.15, -0.1) is 0 Å². The maximum atomic E-state index is 13.9. The van der Waals surface area contributed by atoms with E-state index in [9.17, 15) is 9.18 Å². The van der Waals surface area contributed by atoms with Crippen molar-refractivity contribution in [2.45, 2.75) is 26.8 Å². The second kappa shape index (κ2) is 5.79. The van der Waals surface area contributed by atoms with Gasteiger partial charge in [0.1, 0.15) is 17.3 Å². The number of benzene rings is 1. The lowest BCUT2D eigenvalue weighted by Gasteiger charge is -2.14. The van der Waals surface area contributed by atoms with Gasteiger partial charge in [-0.3, -0.25) is 4.79 Å². The molecule has 1 aromatic heterocycles. The van der Waals surface area contributed by atoms with Gasteiger partial charge in [0.15, 0.2) is 0 Å². The molecule has 0 saturated carbocycles. The van der Waals surface area contributed by atoms with Gasteiger partial charge in [0.25, 0.3) is 5.91 Å². The van der Waals surface area contributed by atoms with Crippen LogP contribution in [0, 0.1) is 19.7 Å².